The Hall–Kier alpha value is -2.25. The van der Waals surface area contributed by atoms with Gasteiger partial charge in [-0.3, -0.25) is 4.79 Å². The van der Waals surface area contributed by atoms with Gasteiger partial charge in [-0.2, -0.15) is 0 Å². The molecule has 7 heteroatoms. The number of likely N-dealkylation sites (N-methyl/N-ethyl adjacent to an activating group) is 1. The number of carbonyl (C=O) groups excluding carboxylic acids is 2. The lowest BCUT2D eigenvalue weighted by molar-refractivity contribution is -0.133. The van der Waals surface area contributed by atoms with Crippen LogP contribution >= 0.6 is 22.7 Å². The number of para-hydroxylation sites is 1. The summed E-state index contributed by atoms with van der Waals surface area (Å²) < 4.78 is 6.12. The lowest BCUT2D eigenvalue weighted by Gasteiger charge is -2.15. The summed E-state index contributed by atoms with van der Waals surface area (Å²) >= 11 is 2.84. The predicted molar refractivity (Wildman–Crippen MR) is 90.7 cm³/mol. The van der Waals surface area contributed by atoms with Gasteiger partial charge in [0.05, 0.1) is 16.8 Å². The number of carbonyl (C=O) groups is 2. The van der Waals surface area contributed by atoms with Gasteiger partial charge in [0.2, 0.25) is 0 Å². The first-order chi connectivity index (χ1) is 11.1. The fraction of sp³-hybridized carbons (Fsp3) is 0.188. The molecule has 0 unspecified atom stereocenters. The number of ether oxygens (including phenoxy) is 1. The molecule has 0 spiro atoms. The Labute approximate surface area is 141 Å². The molecule has 5 nitrogen and oxygen atoms in total. The number of amides is 1. The molecule has 3 aromatic rings. The molecule has 2 heterocycles. The molecule has 0 fully saturated rings. The van der Waals surface area contributed by atoms with E-state index >= 15 is 0 Å². The summed E-state index contributed by atoms with van der Waals surface area (Å²) in [5.74, 6) is -0.726. The van der Waals surface area contributed by atoms with Gasteiger partial charge in [0.25, 0.3) is 5.91 Å². The van der Waals surface area contributed by atoms with E-state index in [0.29, 0.717) is 11.4 Å². The highest BCUT2D eigenvalue weighted by atomic mass is 32.1. The minimum Gasteiger partial charge on any atom is -0.451 e. The summed E-state index contributed by atoms with van der Waals surface area (Å²) in [5.41, 5.74) is 0.928. The number of aromatic nitrogens is 1. The average molecular weight is 346 g/mol. The molecule has 0 atom stereocenters. The van der Waals surface area contributed by atoms with Gasteiger partial charge in [-0.1, -0.05) is 18.2 Å². The van der Waals surface area contributed by atoms with Crippen LogP contribution in [0, 0.1) is 0 Å². The van der Waals surface area contributed by atoms with Crippen LogP contribution in [0.25, 0.3) is 10.2 Å². The SMILES string of the molecule is CN(Cc1nc2ccccc2s1)C(=O)COC(=O)c1cccs1. The third-order valence-corrected chi connectivity index (χ3v) is 5.06. The number of nitrogens with zero attached hydrogens (tertiary/aromatic N) is 2. The first-order valence-corrected chi connectivity index (χ1v) is 8.62. The van der Waals surface area contributed by atoms with Crippen LogP contribution < -0.4 is 0 Å². The van der Waals surface area contributed by atoms with Gasteiger partial charge in [-0.05, 0) is 23.6 Å². The van der Waals surface area contributed by atoms with Crippen molar-refractivity contribution in [2.24, 2.45) is 0 Å². The largest absolute Gasteiger partial charge is 0.451 e. The van der Waals surface area contributed by atoms with Crippen LogP contribution in [-0.4, -0.2) is 35.4 Å². The van der Waals surface area contributed by atoms with Gasteiger partial charge in [-0.15, -0.1) is 22.7 Å². The Morgan fingerprint density at radius 2 is 2.04 bits per heavy atom. The summed E-state index contributed by atoms with van der Waals surface area (Å²) in [4.78, 5) is 30.3. The van der Waals surface area contributed by atoms with E-state index in [2.05, 4.69) is 4.98 Å². The summed E-state index contributed by atoms with van der Waals surface area (Å²) in [5, 5.41) is 2.64. The maximum atomic E-state index is 12.1. The minimum absolute atomic E-state index is 0.255. The smallest absolute Gasteiger partial charge is 0.348 e. The fourth-order valence-electron chi connectivity index (χ4n) is 1.98. The Bertz CT molecular complexity index is 794. The first kappa shape index (κ1) is 15.6. The third kappa shape index (κ3) is 3.75. The number of benzene rings is 1. The van der Waals surface area contributed by atoms with Crippen molar-refractivity contribution in [3.05, 3.63) is 51.7 Å². The highest BCUT2D eigenvalue weighted by molar-refractivity contribution is 7.18. The van der Waals surface area contributed by atoms with Gasteiger partial charge in [0.1, 0.15) is 9.88 Å². The van der Waals surface area contributed by atoms with E-state index in [1.165, 1.54) is 16.2 Å². The Morgan fingerprint density at radius 3 is 2.78 bits per heavy atom. The van der Waals surface area contributed by atoms with Crippen LogP contribution in [0.1, 0.15) is 14.7 Å². The van der Waals surface area contributed by atoms with Crippen molar-refractivity contribution in [3.63, 3.8) is 0 Å². The molecule has 0 N–H and O–H groups in total. The molecule has 0 aliphatic carbocycles. The average Bonchev–Trinajstić information content (AvgIpc) is 3.20. The minimum atomic E-state index is -0.471. The fourth-order valence-corrected chi connectivity index (χ4v) is 3.62. The van der Waals surface area contributed by atoms with Crippen LogP contribution in [0.2, 0.25) is 0 Å². The lowest BCUT2D eigenvalue weighted by atomic mass is 10.3. The molecule has 1 amide bonds. The lowest BCUT2D eigenvalue weighted by Crippen LogP contribution is -2.30. The number of esters is 1. The monoisotopic (exact) mass is 346 g/mol. The second-order valence-electron chi connectivity index (χ2n) is 4.88. The van der Waals surface area contributed by atoms with Crippen molar-refractivity contribution in [1.29, 1.82) is 0 Å². The maximum Gasteiger partial charge on any atom is 0.348 e. The highest BCUT2D eigenvalue weighted by Gasteiger charge is 2.15. The first-order valence-electron chi connectivity index (χ1n) is 6.92. The molecule has 118 valence electrons. The van der Waals surface area contributed by atoms with E-state index < -0.39 is 5.97 Å². The number of hydrogen-bond acceptors (Lipinski definition) is 6. The second-order valence-corrected chi connectivity index (χ2v) is 6.94. The number of hydrogen-bond donors (Lipinski definition) is 0. The van der Waals surface area contributed by atoms with E-state index in [0.717, 1.165) is 15.2 Å². The summed E-state index contributed by atoms with van der Waals surface area (Å²) in [7, 11) is 1.67. The van der Waals surface area contributed by atoms with Crippen LogP contribution in [0.4, 0.5) is 0 Å². The molecule has 0 aliphatic rings. The van der Waals surface area contributed by atoms with E-state index in [9.17, 15) is 9.59 Å². The number of thiophene rings is 1. The van der Waals surface area contributed by atoms with Crippen molar-refractivity contribution in [2.75, 3.05) is 13.7 Å². The van der Waals surface area contributed by atoms with Gasteiger partial charge in [-0.25, -0.2) is 9.78 Å². The normalized spacial score (nSPS) is 10.7. The zero-order chi connectivity index (χ0) is 16.2. The van der Waals surface area contributed by atoms with E-state index in [4.69, 9.17) is 4.74 Å². The quantitative estimate of drug-likeness (QED) is 0.666. The van der Waals surface area contributed by atoms with Crippen molar-refractivity contribution in [3.8, 4) is 0 Å². The summed E-state index contributed by atoms with van der Waals surface area (Å²) in [6.07, 6.45) is 0. The zero-order valence-corrected chi connectivity index (χ0v) is 14.0. The van der Waals surface area contributed by atoms with Crippen LogP contribution in [0.15, 0.2) is 41.8 Å². The zero-order valence-electron chi connectivity index (χ0n) is 12.4. The Kier molecular flexibility index (Phi) is 4.68. The molecule has 23 heavy (non-hydrogen) atoms. The Balaban J connectivity index is 1.56. The maximum absolute atomic E-state index is 12.1. The topological polar surface area (TPSA) is 59.5 Å². The van der Waals surface area contributed by atoms with Crippen molar-refractivity contribution in [2.45, 2.75) is 6.54 Å². The summed E-state index contributed by atoms with van der Waals surface area (Å²) in [6.45, 7) is 0.132. The van der Waals surface area contributed by atoms with Crippen LogP contribution in [0.5, 0.6) is 0 Å². The molecule has 0 saturated carbocycles. The summed E-state index contributed by atoms with van der Waals surface area (Å²) in [6, 6.07) is 11.3. The molecule has 0 saturated heterocycles. The molecule has 2 aromatic heterocycles. The Morgan fingerprint density at radius 1 is 1.22 bits per heavy atom. The molecular weight excluding hydrogens is 332 g/mol. The third-order valence-electron chi connectivity index (χ3n) is 3.19. The van der Waals surface area contributed by atoms with E-state index in [-0.39, 0.29) is 12.5 Å². The van der Waals surface area contributed by atoms with E-state index in [1.54, 1.807) is 35.9 Å². The van der Waals surface area contributed by atoms with Gasteiger partial charge in [0, 0.05) is 7.05 Å². The molecule has 3 rings (SSSR count). The molecule has 0 bridgehead atoms. The molecule has 0 radical (unpaired) electrons. The van der Waals surface area contributed by atoms with Gasteiger partial charge >= 0.3 is 5.97 Å². The standard InChI is InChI=1S/C16H14N2O3S2/c1-18(9-14-17-11-5-2-3-6-12(11)23-14)15(19)10-21-16(20)13-7-4-8-22-13/h2-8H,9-10H2,1H3. The van der Waals surface area contributed by atoms with Crippen LogP contribution in [-0.2, 0) is 16.1 Å². The number of fused-ring (bicyclic) bond motifs is 1. The highest BCUT2D eigenvalue weighted by Crippen LogP contribution is 2.22. The van der Waals surface area contributed by atoms with Crippen molar-refractivity contribution in [1.82, 2.24) is 9.88 Å². The molecular formula is C16H14N2O3S2. The van der Waals surface area contributed by atoms with Gasteiger partial charge < -0.3 is 9.64 Å². The van der Waals surface area contributed by atoms with Crippen molar-refractivity contribution >= 4 is 44.8 Å². The number of rotatable bonds is 5. The van der Waals surface area contributed by atoms with E-state index in [1.807, 2.05) is 24.3 Å². The second kappa shape index (κ2) is 6.89. The van der Waals surface area contributed by atoms with Crippen molar-refractivity contribution < 1.29 is 14.3 Å². The molecule has 1 aromatic carbocycles. The molecule has 0 aliphatic heterocycles. The van der Waals surface area contributed by atoms with Crippen LogP contribution in [0.3, 0.4) is 0 Å². The predicted octanol–water partition coefficient (Wildman–Crippen LogP) is 3.17. The number of thiazole rings is 1. The van der Waals surface area contributed by atoms with Gasteiger partial charge in [0.15, 0.2) is 6.61 Å².